The van der Waals surface area contributed by atoms with Crippen LogP contribution in [0.3, 0.4) is 0 Å². The molecule has 1 heterocycles. The summed E-state index contributed by atoms with van der Waals surface area (Å²) in [5.41, 5.74) is -0.595. The quantitative estimate of drug-likeness (QED) is 0.671. The van der Waals surface area contributed by atoms with Crippen LogP contribution in [-0.4, -0.2) is 22.0 Å². The zero-order chi connectivity index (χ0) is 11.4. The molecular weight excluding hydrogens is 198 g/mol. The van der Waals surface area contributed by atoms with Crippen LogP contribution in [0.5, 0.6) is 0 Å². The highest BCUT2D eigenvalue weighted by molar-refractivity contribution is 5.75. The van der Waals surface area contributed by atoms with Gasteiger partial charge in [-0.1, -0.05) is 0 Å². The molecule has 0 aliphatic heterocycles. The molecule has 0 aliphatic carbocycles. The van der Waals surface area contributed by atoms with Crippen LogP contribution in [0.15, 0.2) is 15.8 Å². The van der Waals surface area contributed by atoms with Gasteiger partial charge in [-0.15, -0.1) is 0 Å². The van der Waals surface area contributed by atoms with Gasteiger partial charge in [0.1, 0.15) is 6.54 Å². The van der Waals surface area contributed by atoms with E-state index in [0.29, 0.717) is 12.1 Å². The van der Waals surface area contributed by atoms with Crippen LogP contribution in [0.1, 0.15) is 12.5 Å². The van der Waals surface area contributed by atoms with Gasteiger partial charge in [-0.05, 0) is 13.8 Å². The van der Waals surface area contributed by atoms with E-state index in [-0.39, 0.29) is 12.5 Å². The second kappa shape index (κ2) is 4.59. The second-order valence-corrected chi connectivity index (χ2v) is 3.15. The minimum Gasteiger partial charge on any atom is -0.355 e. The Morgan fingerprint density at radius 2 is 2.20 bits per heavy atom. The average Bonchev–Trinajstić information content (AvgIpc) is 2.14. The second-order valence-electron chi connectivity index (χ2n) is 3.15. The number of aryl methyl sites for hydroxylation is 1. The van der Waals surface area contributed by atoms with E-state index in [0.717, 1.165) is 0 Å². The largest absolute Gasteiger partial charge is 0.355 e. The van der Waals surface area contributed by atoms with Crippen molar-refractivity contribution in [2.24, 2.45) is 0 Å². The molecule has 0 spiro atoms. The molecule has 15 heavy (non-hydrogen) atoms. The Morgan fingerprint density at radius 1 is 1.53 bits per heavy atom. The highest BCUT2D eigenvalue weighted by Gasteiger charge is 2.04. The van der Waals surface area contributed by atoms with Gasteiger partial charge in [0.15, 0.2) is 0 Å². The number of carbonyl (C=O) groups is 1. The minimum atomic E-state index is -0.572. The maximum absolute atomic E-state index is 11.3. The Balaban J connectivity index is 2.96. The third-order valence-electron chi connectivity index (χ3n) is 1.88. The van der Waals surface area contributed by atoms with Gasteiger partial charge < -0.3 is 5.32 Å². The number of aromatic nitrogens is 2. The normalized spacial score (nSPS) is 10.0. The molecule has 2 N–H and O–H groups in total. The van der Waals surface area contributed by atoms with Gasteiger partial charge in [0.25, 0.3) is 5.56 Å². The van der Waals surface area contributed by atoms with Crippen molar-refractivity contribution in [2.75, 3.05) is 6.54 Å². The molecule has 0 aliphatic rings. The van der Waals surface area contributed by atoms with Crippen LogP contribution in [0.4, 0.5) is 0 Å². The highest BCUT2D eigenvalue weighted by atomic mass is 16.2. The third kappa shape index (κ3) is 2.80. The molecule has 0 atom stereocenters. The van der Waals surface area contributed by atoms with Crippen molar-refractivity contribution < 1.29 is 4.79 Å². The van der Waals surface area contributed by atoms with Gasteiger partial charge in [0.2, 0.25) is 5.91 Å². The highest BCUT2D eigenvalue weighted by Crippen LogP contribution is 1.84. The van der Waals surface area contributed by atoms with E-state index < -0.39 is 11.2 Å². The van der Waals surface area contributed by atoms with Gasteiger partial charge in [0.05, 0.1) is 0 Å². The maximum Gasteiger partial charge on any atom is 0.328 e. The molecule has 0 fully saturated rings. The van der Waals surface area contributed by atoms with Crippen LogP contribution < -0.4 is 16.6 Å². The SMILES string of the molecule is CCNC(=O)Cn1cc(C)c(=O)[nH]c1=O. The molecule has 0 saturated carbocycles. The van der Waals surface area contributed by atoms with Gasteiger partial charge in [0, 0.05) is 18.3 Å². The first-order valence-electron chi connectivity index (χ1n) is 4.61. The molecule has 1 rings (SSSR count). The molecular formula is C9H13N3O3. The van der Waals surface area contributed by atoms with E-state index in [9.17, 15) is 14.4 Å². The number of rotatable bonds is 3. The van der Waals surface area contributed by atoms with Crippen molar-refractivity contribution in [3.8, 4) is 0 Å². The topological polar surface area (TPSA) is 84.0 Å². The van der Waals surface area contributed by atoms with E-state index in [1.165, 1.54) is 10.8 Å². The molecule has 1 aromatic heterocycles. The molecule has 0 radical (unpaired) electrons. The molecule has 0 bridgehead atoms. The monoisotopic (exact) mass is 211 g/mol. The number of likely N-dealkylation sites (N-methyl/N-ethyl adjacent to an activating group) is 1. The number of hydrogen-bond acceptors (Lipinski definition) is 3. The maximum atomic E-state index is 11.3. The molecule has 0 unspecified atom stereocenters. The summed E-state index contributed by atoms with van der Waals surface area (Å²) in [6.45, 7) is 3.80. The number of hydrogen-bond donors (Lipinski definition) is 2. The van der Waals surface area contributed by atoms with Crippen molar-refractivity contribution in [1.29, 1.82) is 0 Å². The first-order chi connectivity index (χ1) is 7.04. The van der Waals surface area contributed by atoms with Gasteiger partial charge in [-0.3, -0.25) is 19.1 Å². The van der Waals surface area contributed by atoms with Gasteiger partial charge in [-0.25, -0.2) is 4.79 Å². The van der Waals surface area contributed by atoms with Crippen molar-refractivity contribution >= 4 is 5.91 Å². The van der Waals surface area contributed by atoms with Crippen LogP contribution in [-0.2, 0) is 11.3 Å². The first kappa shape index (κ1) is 11.2. The number of aromatic amines is 1. The van der Waals surface area contributed by atoms with Crippen molar-refractivity contribution in [1.82, 2.24) is 14.9 Å². The summed E-state index contributed by atoms with van der Waals surface area (Å²) in [5.74, 6) is -0.258. The lowest BCUT2D eigenvalue weighted by molar-refractivity contribution is -0.121. The fourth-order valence-electron chi connectivity index (χ4n) is 1.14. The summed E-state index contributed by atoms with van der Waals surface area (Å²) in [7, 11) is 0. The molecule has 6 nitrogen and oxygen atoms in total. The Hall–Kier alpha value is -1.85. The summed E-state index contributed by atoms with van der Waals surface area (Å²) in [5, 5.41) is 2.56. The molecule has 1 amide bonds. The summed E-state index contributed by atoms with van der Waals surface area (Å²) >= 11 is 0. The summed E-state index contributed by atoms with van der Waals surface area (Å²) < 4.78 is 1.17. The Kier molecular flexibility index (Phi) is 3.43. The van der Waals surface area contributed by atoms with E-state index in [1.54, 1.807) is 13.8 Å². The predicted molar refractivity (Wildman–Crippen MR) is 54.7 cm³/mol. The molecule has 0 saturated heterocycles. The zero-order valence-corrected chi connectivity index (χ0v) is 8.66. The van der Waals surface area contributed by atoms with Gasteiger partial charge in [-0.2, -0.15) is 0 Å². The van der Waals surface area contributed by atoms with E-state index in [2.05, 4.69) is 10.3 Å². The standard InChI is InChI=1S/C9H13N3O3/c1-3-10-7(13)5-12-4-6(2)8(14)11-9(12)15/h4H,3,5H2,1-2H3,(H,10,13)(H,11,14,15). The summed E-state index contributed by atoms with van der Waals surface area (Å²) in [4.78, 5) is 35.6. The Bertz CT molecular complexity index is 472. The first-order valence-corrected chi connectivity index (χ1v) is 4.61. The zero-order valence-electron chi connectivity index (χ0n) is 8.66. The molecule has 1 aromatic rings. The Labute approximate surface area is 85.9 Å². The molecule has 6 heteroatoms. The number of amides is 1. The van der Waals surface area contributed by atoms with E-state index in [4.69, 9.17) is 0 Å². The number of H-pyrrole nitrogens is 1. The number of nitrogens with one attached hydrogen (secondary N) is 2. The molecule has 0 aromatic carbocycles. The Morgan fingerprint density at radius 3 is 2.80 bits per heavy atom. The third-order valence-corrected chi connectivity index (χ3v) is 1.88. The molecule has 82 valence electrons. The summed E-state index contributed by atoms with van der Waals surface area (Å²) in [6.07, 6.45) is 1.37. The smallest absolute Gasteiger partial charge is 0.328 e. The summed E-state index contributed by atoms with van der Waals surface area (Å²) in [6, 6.07) is 0. The number of nitrogens with zero attached hydrogens (tertiary/aromatic N) is 1. The lowest BCUT2D eigenvalue weighted by Gasteiger charge is -2.05. The van der Waals surface area contributed by atoms with Crippen molar-refractivity contribution in [3.63, 3.8) is 0 Å². The van der Waals surface area contributed by atoms with Crippen molar-refractivity contribution in [2.45, 2.75) is 20.4 Å². The van der Waals surface area contributed by atoms with Crippen LogP contribution in [0, 0.1) is 6.92 Å². The van der Waals surface area contributed by atoms with Crippen molar-refractivity contribution in [3.05, 3.63) is 32.6 Å². The van der Waals surface area contributed by atoms with E-state index >= 15 is 0 Å². The van der Waals surface area contributed by atoms with Gasteiger partial charge >= 0.3 is 5.69 Å². The fraction of sp³-hybridized carbons (Fsp3) is 0.444. The van der Waals surface area contributed by atoms with Crippen LogP contribution in [0.25, 0.3) is 0 Å². The fourth-order valence-corrected chi connectivity index (χ4v) is 1.14. The average molecular weight is 211 g/mol. The van der Waals surface area contributed by atoms with Crippen LogP contribution in [0.2, 0.25) is 0 Å². The lowest BCUT2D eigenvalue weighted by atomic mass is 10.4. The van der Waals surface area contributed by atoms with Crippen LogP contribution >= 0.6 is 0 Å². The lowest BCUT2D eigenvalue weighted by Crippen LogP contribution is -2.36. The number of carbonyl (C=O) groups excluding carboxylic acids is 1. The predicted octanol–water partition coefficient (Wildman–Crippen LogP) is -1.02. The van der Waals surface area contributed by atoms with E-state index in [1.807, 2.05) is 0 Å². The minimum absolute atomic E-state index is 0.0791.